The summed E-state index contributed by atoms with van der Waals surface area (Å²) < 4.78 is 14.2. The van der Waals surface area contributed by atoms with Crippen LogP contribution in [0.15, 0.2) is 72.8 Å². The van der Waals surface area contributed by atoms with Crippen molar-refractivity contribution in [3.63, 3.8) is 0 Å². The van der Waals surface area contributed by atoms with Crippen LogP contribution < -0.4 is 9.80 Å². The molecule has 1 amide bonds. The van der Waals surface area contributed by atoms with Gasteiger partial charge in [-0.25, -0.2) is 14.4 Å². The Labute approximate surface area is 234 Å². The van der Waals surface area contributed by atoms with Crippen LogP contribution in [0.3, 0.4) is 0 Å². The van der Waals surface area contributed by atoms with E-state index in [1.807, 2.05) is 64.4 Å². The lowest BCUT2D eigenvalue weighted by atomic mass is 10.1. The number of benzene rings is 3. The zero-order chi connectivity index (χ0) is 27.4. The molecule has 0 N–H and O–H groups in total. The number of nitrogens with zero attached hydrogens (tertiary/aromatic N) is 5. The molecule has 0 saturated carbocycles. The minimum absolute atomic E-state index is 0.0987. The number of fused-ring (bicyclic) bond motifs is 1. The summed E-state index contributed by atoms with van der Waals surface area (Å²) in [5.74, 6) is 1.61. The first kappa shape index (κ1) is 26.9. The highest BCUT2D eigenvalue weighted by Gasteiger charge is 2.24. The average Bonchev–Trinajstić information content (AvgIpc) is 2.95. The molecule has 202 valence electrons. The van der Waals surface area contributed by atoms with Crippen molar-refractivity contribution in [3.8, 4) is 11.4 Å². The van der Waals surface area contributed by atoms with E-state index in [-0.39, 0.29) is 11.7 Å². The van der Waals surface area contributed by atoms with Gasteiger partial charge in [-0.15, -0.1) is 0 Å². The van der Waals surface area contributed by atoms with Gasteiger partial charge in [0.1, 0.15) is 11.6 Å². The number of para-hydroxylation sites is 2. The van der Waals surface area contributed by atoms with Gasteiger partial charge < -0.3 is 14.7 Å². The van der Waals surface area contributed by atoms with Crippen LogP contribution >= 0.6 is 11.6 Å². The second-order valence-electron chi connectivity index (χ2n) is 10.3. The van der Waals surface area contributed by atoms with Crippen LogP contribution in [0.25, 0.3) is 22.3 Å². The Bertz CT molecular complexity index is 1450. The van der Waals surface area contributed by atoms with Crippen molar-refractivity contribution in [2.75, 3.05) is 49.1 Å². The first-order valence-electron chi connectivity index (χ1n) is 13.4. The zero-order valence-corrected chi connectivity index (χ0v) is 23.1. The molecule has 0 aliphatic carbocycles. The Balaban J connectivity index is 1.35. The highest BCUT2D eigenvalue weighted by atomic mass is 35.5. The van der Waals surface area contributed by atoms with Crippen molar-refractivity contribution in [3.05, 3.63) is 83.6 Å². The number of anilines is 2. The van der Waals surface area contributed by atoms with Gasteiger partial charge in [-0.3, -0.25) is 4.79 Å². The van der Waals surface area contributed by atoms with E-state index in [9.17, 15) is 9.18 Å². The van der Waals surface area contributed by atoms with Crippen LogP contribution in [0.4, 0.5) is 15.9 Å². The summed E-state index contributed by atoms with van der Waals surface area (Å²) in [6.45, 7) is 7.98. The smallest absolute Gasteiger partial charge is 0.224 e. The lowest BCUT2D eigenvalue weighted by molar-refractivity contribution is -0.131. The molecule has 2 heterocycles. The number of carbonyl (C=O) groups is 1. The van der Waals surface area contributed by atoms with Gasteiger partial charge in [0.25, 0.3) is 0 Å². The van der Waals surface area contributed by atoms with Crippen molar-refractivity contribution in [1.29, 1.82) is 0 Å². The number of amides is 1. The summed E-state index contributed by atoms with van der Waals surface area (Å²) in [5.41, 5.74) is 2.21. The van der Waals surface area contributed by atoms with E-state index in [0.29, 0.717) is 61.6 Å². The summed E-state index contributed by atoms with van der Waals surface area (Å²) in [6.07, 6.45) is 0.367. The zero-order valence-electron chi connectivity index (χ0n) is 22.4. The number of halogens is 2. The molecule has 0 spiro atoms. The molecule has 5 rings (SSSR count). The third-order valence-electron chi connectivity index (χ3n) is 7.00. The van der Waals surface area contributed by atoms with E-state index >= 15 is 0 Å². The molecule has 1 aliphatic heterocycles. The molecular formula is C31H33ClFN5O. The maximum absolute atomic E-state index is 14.2. The van der Waals surface area contributed by atoms with Crippen LogP contribution in [0.5, 0.6) is 0 Å². The van der Waals surface area contributed by atoms with Gasteiger partial charge in [0, 0.05) is 56.6 Å². The Morgan fingerprint density at radius 1 is 0.949 bits per heavy atom. The quantitative estimate of drug-likeness (QED) is 0.260. The van der Waals surface area contributed by atoms with Crippen molar-refractivity contribution in [1.82, 2.24) is 14.9 Å². The standard InChI is InChI=1S/C31H33ClFN5O/c1-22(2)21-38(16-15-29(39)37-19-17-36(18-20-37)28-14-8-6-12-26(28)33)31-24-10-4-7-13-27(24)34-30(35-31)23-9-3-5-11-25(23)32/h3-14,22H,15-21H2,1-2H3. The van der Waals surface area contributed by atoms with E-state index in [1.54, 1.807) is 12.1 Å². The Morgan fingerprint density at radius 3 is 2.38 bits per heavy atom. The minimum Gasteiger partial charge on any atom is -0.366 e. The SMILES string of the molecule is CC(C)CN(CCC(=O)N1CCN(c2ccccc2F)CC1)c1nc(-c2ccccc2Cl)nc2ccccc12. The molecule has 3 aromatic carbocycles. The summed E-state index contributed by atoms with van der Waals surface area (Å²) in [4.78, 5) is 29.2. The number of carbonyl (C=O) groups excluding carboxylic acids is 1. The first-order chi connectivity index (χ1) is 18.9. The van der Waals surface area contributed by atoms with E-state index in [4.69, 9.17) is 21.6 Å². The fraction of sp³-hybridized carbons (Fsp3) is 0.323. The van der Waals surface area contributed by atoms with Crippen LogP contribution in [-0.4, -0.2) is 60.0 Å². The maximum Gasteiger partial charge on any atom is 0.224 e. The topological polar surface area (TPSA) is 52.6 Å². The second-order valence-corrected chi connectivity index (χ2v) is 10.7. The number of hydrogen-bond donors (Lipinski definition) is 0. The molecule has 0 bridgehead atoms. The van der Waals surface area contributed by atoms with Gasteiger partial charge in [0.2, 0.25) is 5.91 Å². The van der Waals surface area contributed by atoms with Gasteiger partial charge >= 0.3 is 0 Å². The second kappa shape index (κ2) is 12.0. The van der Waals surface area contributed by atoms with E-state index in [2.05, 4.69) is 18.7 Å². The summed E-state index contributed by atoms with van der Waals surface area (Å²) >= 11 is 6.50. The lowest BCUT2D eigenvalue weighted by Crippen LogP contribution is -2.49. The molecule has 39 heavy (non-hydrogen) atoms. The van der Waals surface area contributed by atoms with Crippen LogP contribution in [0, 0.1) is 11.7 Å². The average molecular weight is 546 g/mol. The van der Waals surface area contributed by atoms with Crippen molar-refractivity contribution in [2.24, 2.45) is 5.92 Å². The Hall–Kier alpha value is -3.71. The molecule has 0 unspecified atom stereocenters. The Morgan fingerprint density at radius 2 is 1.64 bits per heavy atom. The van der Waals surface area contributed by atoms with Gasteiger partial charge in [-0.1, -0.05) is 61.8 Å². The number of aromatic nitrogens is 2. The Kier molecular flexibility index (Phi) is 8.27. The third-order valence-corrected chi connectivity index (χ3v) is 7.33. The van der Waals surface area contributed by atoms with Crippen LogP contribution in [-0.2, 0) is 4.79 Å². The normalized spacial score (nSPS) is 13.8. The third kappa shape index (κ3) is 6.14. The first-order valence-corrected chi connectivity index (χ1v) is 13.8. The number of rotatable bonds is 8. The van der Waals surface area contributed by atoms with Gasteiger partial charge in [-0.2, -0.15) is 0 Å². The van der Waals surface area contributed by atoms with Crippen molar-refractivity contribution < 1.29 is 9.18 Å². The van der Waals surface area contributed by atoms with E-state index < -0.39 is 0 Å². The summed E-state index contributed by atoms with van der Waals surface area (Å²) in [6, 6.07) is 22.3. The predicted molar refractivity (Wildman–Crippen MR) is 157 cm³/mol. The number of piperazine rings is 1. The molecule has 1 fully saturated rings. The highest BCUT2D eigenvalue weighted by molar-refractivity contribution is 6.33. The molecule has 4 aromatic rings. The van der Waals surface area contributed by atoms with Crippen molar-refractivity contribution in [2.45, 2.75) is 20.3 Å². The molecule has 1 aromatic heterocycles. The van der Waals surface area contributed by atoms with Gasteiger partial charge in [0.15, 0.2) is 5.82 Å². The van der Waals surface area contributed by atoms with Gasteiger partial charge in [-0.05, 0) is 42.3 Å². The minimum atomic E-state index is -0.227. The van der Waals surface area contributed by atoms with E-state index in [1.165, 1.54) is 6.07 Å². The van der Waals surface area contributed by atoms with Crippen LogP contribution in [0.2, 0.25) is 5.02 Å². The molecule has 0 radical (unpaired) electrons. The van der Waals surface area contributed by atoms with Crippen LogP contribution in [0.1, 0.15) is 20.3 Å². The van der Waals surface area contributed by atoms with Gasteiger partial charge in [0.05, 0.1) is 16.2 Å². The predicted octanol–water partition coefficient (Wildman–Crippen LogP) is 6.29. The molecule has 0 atom stereocenters. The summed E-state index contributed by atoms with van der Waals surface area (Å²) in [7, 11) is 0. The monoisotopic (exact) mass is 545 g/mol. The molecular weight excluding hydrogens is 513 g/mol. The molecule has 6 nitrogen and oxygen atoms in total. The summed E-state index contributed by atoms with van der Waals surface area (Å²) in [5, 5.41) is 1.54. The number of hydrogen-bond acceptors (Lipinski definition) is 5. The molecule has 1 saturated heterocycles. The van der Waals surface area contributed by atoms with Crippen molar-refractivity contribution >= 4 is 39.9 Å². The maximum atomic E-state index is 14.2. The largest absolute Gasteiger partial charge is 0.366 e. The fourth-order valence-corrected chi connectivity index (χ4v) is 5.30. The fourth-order valence-electron chi connectivity index (χ4n) is 5.08. The molecule has 1 aliphatic rings. The molecule has 8 heteroatoms. The highest BCUT2D eigenvalue weighted by Crippen LogP contribution is 2.31. The van der Waals surface area contributed by atoms with E-state index in [0.717, 1.165) is 28.8 Å². The lowest BCUT2D eigenvalue weighted by Gasteiger charge is -2.36.